The van der Waals surface area contributed by atoms with E-state index in [2.05, 4.69) is 15.5 Å². The zero-order valence-electron chi connectivity index (χ0n) is 16.0. The Labute approximate surface area is 177 Å². The van der Waals surface area contributed by atoms with Crippen LogP contribution in [0.3, 0.4) is 0 Å². The average Bonchev–Trinajstić information content (AvgIpc) is 3.10. The summed E-state index contributed by atoms with van der Waals surface area (Å²) in [7, 11) is 1.46. The lowest BCUT2D eigenvalue weighted by Crippen LogP contribution is -2.28. The molecule has 0 unspecified atom stereocenters. The summed E-state index contributed by atoms with van der Waals surface area (Å²) in [6.45, 7) is 2.13. The molecule has 0 bridgehead atoms. The predicted molar refractivity (Wildman–Crippen MR) is 111 cm³/mol. The van der Waals surface area contributed by atoms with E-state index in [0.717, 1.165) is 16.8 Å². The number of halogens is 2. The van der Waals surface area contributed by atoms with E-state index < -0.39 is 0 Å². The van der Waals surface area contributed by atoms with Gasteiger partial charge in [-0.25, -0.2) is 4.39 Å². The summed E-state index contributed by atoms with van der Waals surface area (Å²) in [5, 5.41) is 12.6. The largest absolute Gasteiger partial charge is 0.375 e. The number of carbonyl (C=O) groups is 1. The van der Waals surface area contributed by atoms with Crippen LogP contribution in [-0.2, 0) is 21.8 Å². The summed E-state index contributed by atoms with van der Waals surface area (Å²) in [6.07, 6.45) is 0. The Morgan fingerprint density at radius 3 is 2.72 bits per heavy atom. The van der Waals surface area contributed by atoms with Crippen molar-refractivity contribution in [3.8, 4) is 5.69 Å². The number of aromatic nitrogens is 3. The maximum atomic E-state index is 13.1. The second-order valence-electron chi connectivity index (χ2n) is 6.29. The topological polar surface area (TPSA) is 69.0 Å². The van der Waals surface area contributed by atoms with Gasteiger partial charge in [0.1, 0.15) is 12.4 Å². The number of hydrogen-bond acceptors (Lipinski definition) is 5. The Hall–Kier alpha value is -2.42. The molecule has 0 atom stereocenters. The zero-order valence-corrected chi connectivity index (χ0v) is 17.6. The SMILES string of the molecule is COCC(=O)NCc1nnc(SCc2ccc(F)cc2)n1-c1cc(Cl)ccc1C. The minimum atomic E-state index is -0.273. The Kier molecular flexibility index (Phi) is 7.24. The van der Waals surface area contributed by atoms with Crippen molar-refractivity contribution in [1.29, 1.82) is 0 Å². The van der Waals surface area contributed by atoms with Crippen molar-refractivity contribution in [2.24, 2.45) is 0 Å². The molecule has 0 spiro atoms. The van der Waals surface area contributed by atoms with Crippen LogP contribution in [0.4, 0.5) is 4.39 Å². The molecule has 29 heavy (non-hydrogen) atoms. The van der Waals surface area contributed by atoms with E-state index in [1.165, 1.54) is 31.0 Å². The van der Waals surface area contributed by atoms with Crippen molar-refractivity contribution in [3.63, 3.8) is 0 Å². The molecule has 6 nitrogen and oxygen atoms in total. The number of thioether (sulfide) groups is 1. The summed E-state index contributed by atoms with van der Waals surface area (Å²) < 4.78 is 19.9. The van der Waals surface area contributed by atoms with Crippen molar-refractivity contribution in [1.82, 2.24) is 20.1 Å². The molecule has 1 N–H and O–H groups in total. The van der Waals surface area contributed by atoms with E-state index >= 15 is 0 Å². The van der Waals surface area contributed by atoms with E-state index in [-0.39, 0.29) is 24.9 Å². The van der Waals surface area contributed by atoms with E-state index in [1.807, 2.05) is 29.7 Å². The first-order valence-electron chi connectivity index (χ1n) is 8.81. The smallest absolute Gasteiger partial charge is 0.246 e. The lowest BCUT2D eigenvalue weighted by atomic mass is 10.2. The molecule has 0 aliphatic rings. The number of rotatable bonds is 8. The summed E-state index contributed by atoms with van der Waals surface area (Å²) in [4.78, 5) is 11.8. The summed E-state index contributed by atoms with van der Waals surface area (Å²) in [5.74, 6) is 0.644. The predicted octanol–water partition coefficient (Wildman–Crippen LogP) is 3.92. The highest BCUT2D eigenvalue weighted by atomic mass is 35.5. The number of ether oxygens (including phenoxy) is 1. The first-order chi connectivity index (χ1) is 14.0. The first kappa shape index (κ1) is 21.3. The molecule has 3 rings (SSSR count). The number of hydrogen-bond donors (Lipinski definition) is 1. The van der Waals surface area contributed by atoms with E-state index in [9.17, 15) is 9.18 Å². The second kappa shape index (κ2) is 9.87. The van der Waals surface area contributed by atoms with Gasteiger partial charge in [0.15, 0.2) is 11.0 Å². The summed E-state index contributed by atoms with van der Waals surface area (Å²) in [6, 6.07) is 11.9. The monoisotopic (exact) mass is 434 g/mol. The van der Waals surface area contributed by atoms with Gasteiger partial charge < -0.3 is 10.1 Å². The highest BCUT2D eigenvalue weighted by molar-refractivity contribution is 7.98. The lowest BCUT2D eigenvalue weighted by molar-refractivity contribution is -0.124. The van der Waals surface area contributed by atoms with Gasteiger partial charge in [-0.15, -0.1) is 10.2 Å². The van der Waals surface area contributed by atoms with Crippen LogP contribution in [0.5, 0.6) is 0 Å². The number of aryl methyl sites for hydroxylation is 1. The third-order valence-corrected chi connectivity index (χ3v) is 5.35. The third kappa shape index (κ3) is 5.56. The van der Waals surface area contributed by atoms with Crippen LogP contribution in [0.15, 0.2) is 47.6 Å². The van der Waals surface area contributed by atoms with Crippen LogP contribution in [-0.4, -0.2) is 34.4 Å². The highest BCUT2D eigenvalue weighted by Crippen LogP contribution is 2.28. The molecule has 0 aliphatic heterocycles. The van der Waals surface area contributed by atoms with Crippen LogP contribution < -0.4 is 5.32 Å². The summed E-state index contributed by atoms with van der Waals surface area (Å²) in [5.41, 5.74) is 2.78. The van der Waals surface area contributed by atoms with Crippen LogP contribution in [0.1, 0.15) is 17.0 Å². The second-order valence-corrected chi connectivity index (χ2v) is 7.67. The van der Waals surface area contributed by atoms with Crippen molar-refractivity contribution < 1.29 is 13.9 Å². The van der Waals surface area contributed by atoms with Gasteiger partial charge in [0.2, 0.25) is 5.91 Å². The Balaban J connectivity index is 1.89. The van der Waals surface area contributed by atoms with Gasteiger partial charge in [-0.05, 0) is 42.3 Å². The van der Waals surface area contributed by atoms with Gasteiger partial charge in [-0.3, -0.25) is 9.36 Å². The maximum absolute atomic E-state index is 13.1. The maximum Gasteiger partial charge on any atom is 0.246 e. The van der Waals surface area contributed by atoms with Gasteiger partial charge in [-0.2, -0.15) is 0 Å². The van der Waals surface area contributed by atoms with Crippen molar-refractivity contribution in [2.45, 2.75) is 24.4 Å². The molecular weight excluding hydrogens is 415 g/mol. The van der Waals surface area contributed by atoms with Crippen LogP contribution in [0.25, 0.3) is 5.69 Å². The molecule has 1 amide bonds. The van der Waals surface area contributed by atoms with Crippen LogP contribution >= 0.6 is 23.4 Å². The number of amides is 1. The van der Waals surface area contributed by atoms with E-state index in [0.29, 0.717) is 21.8 Å². The molecule has 3 aromatic rings. The van der Waals surface area contributed by atoms with E-state index in [1.54, 1.807) is 12.1 Å². The fraction of sp³-hybridized carbons (Fsp3) is 0.250. The van der Waals surface area contributed by atoms with Gasteiger partial charge in [0.05, 0.1) is 12.2 Å². The Bertz CT molecular complexity index is 995. The van der Waals surface area contributed by atoms with E-state index in [4.69, 9.17) is 16.3 Å². The van der Waals surface area contributed by atoms with Crippen molar-refractivity contribution >= 4 is 29.3 Å². The lowest BCUT2D eigenvalue weighted by Gasteiger charge is -2.14. The van der Waals surface area contributed by atoms with Gasteiger partial charge in [0, 0.05) is 17.9 Å². The molecule has 2 aromatic carbocycles. The Morgan fingerprint density at radius 2 is 2.00 bits per heavy atom. The number of carbonyl (C=O) groups excluding carboxylic acids is 1. The van der Waals surface area contributed by atoms with Gasteiger partial charge >= 0.3 is 0 Å². The van der Waals surface area contributed by atoms with Gasteiger partial charge in [0.25, 0.3) is 0 Å². The quantitative estimate of drug-likeness (QED) is 0.544. The number of methoxy groups -OCH3 is 1. The fourth-order valence-electron chi connectivity index (χ4n) is 2.66. The molecule has 9 heteroatoms. The van der Waals surface area contributed by atoms with Gasteiger partial charge in [-0.1, -0.05) is 41.6 Å². The average molecular weight is 435 g/mol. The molecule has 0 aliphatic carbocycles. The minimum Gasteiger partial charge on any atom is -0.375 e. The Morgan fingerprint density at radius 1 is 1.24 bits per heavy atom. The third-order valence-electron chi connectivity index (χ3n) is 4.11. The zero-order chi connectivity index (χ0) is 20.8. The molecule has 1 heterocycles. The van der Waals surface area contributed by atoms with Crippen molar-refractivity contribution in [3.05, 3.63) is 70.3 Å². The standard InChI is InChI=1S/C20H20ClFN4O2S/c1-13-3-6-15(21)9-17(13)26-18(10-23-19(27)11-28-2)24-25-20(26)29-12-14-4-7-16(22)8-5-14/h3-9H,10-12H2,1-2H3,(H,23,27). The molecular formula is C20H20ClFN4O2S. The van der Waals surface area contributed by atoms with Crippen LogP contribution in [0, 0.1) is 12.7 Å². The fourth-order valence-corrected chi connectivity index (χ4v) is 3.75. The van der Waals surface area contributed by atoms with Crippen molar-refractivity contribution in [2.75, 3.05) is 13.7 Å². The molecule has 152 valence electrons. The number of benzene rings is 2. The molecule has 0 fully saturated rings. The molecule has 1 aromatic heterocycles. The van der Waals surface area contributed by atoms with Crippen LogP contribution in [0.2, 0.25) is 5.02 Å². The highest BCUT2D eigenvalue weighted by Gasteiger charge is 2.17. The first-order valence-corrected chi connectivity index (χ1v) is 10.2. The summed E-state index contributed by atoms with van der Waals surface area (Å²) >= 11 is 7.68. The molecule has 0 radical (unpaired) electrons. The minimum absolute atomic E-state index is 0.0312. The molecule has 0 saturated carbocycles. The number of nitrogens with one attached hydrogen (secondary N) is 1. The number of nitrogens with zero attached hydrogens (tertiary/aromatic N) is 3. The normalized spacial score (nSPS) is 10.9. The molecule has 0 saturated heterocycles.